The summed E-state index contributed by atoms with van der Waals surface area (Å²) in [6.07, 6.45) is 4.65. The summed E-state index contributed by atoms with van der Waals surface area (Å²) in [4.78, 5) is 11.2. The van der Waals surface area contributed by atoms with Gasteiger partial charge < -0.3 is 5.11 Å². The molecule has 0 aromatic carbocycles. The fourth-order valence-corrected chi connectivity index (χ4v) is 4.56. The van der Waals surface area contributed by atoms with Crippen LogP contribution in [0.3, 0.4) is 0 Å². The molecular formula is C13H24N2O4S. The topological polar surface area (TPSA) is 86.7 Å². The van der Waals surface area contributed by atoms with Crippen molar-refractivity contribution in [3.8, 4) is 0 Å². The molecule has 2 rings (SSSR count). The molecule has 1 saturated heterocycles. The molecular weight excluding hydrogens is 280 g/mol. The summed E-state index contributed by atoms with van der Waals surface area (Å²) in [5.74, 6) is -0.935. The van der Waals surface area contributed by atoms with Crippen LogP contribution in [0.5, 0.6) is 0 Å². The van der Waals surface area contributed by atoms with E-state index in [1.54, 1.807) is 0 Å². The van der Waals surface area contributed by atoms with E-state index < -0.39 is 28.1 Å². The summed E-state index contributed by atoms with van der Waals surface area (Å²) in [6.45, 7) is 3.18. The van der Waals surface area contributed by atoms with E-state index in [9.17, 15) is 18.3 Å². The minimum Gasteiger partial charge on any atom is -0.481 e. The smallest absolute Gasteiger partial charge is 0.308 e. The molecule has 0 amide bonds. The van der Waals surface area contributed by atoms with Crippen LogP contribution in [0.4, 0.5) is 0 Å². The Morgan fingerprint density at radius 2 is 1.75 bits per heavy atom. The van der Waals surface area contributed by atoms with E-state index in [-0.39, 0.29) is 0 Å². The standard InChI is InChI=1S/C13H24N2O4S/c1-10-6-8-15(9-7-10)20(18,19)14-12-5-3-2-4-11(12)13(16)17/h10-12,14H,2-9H2,1H3,(H,16,17). The van der Waals surface area contributed by atoms with Gasteiger partial charge in [0, 0.05) is 19.1 Å². The van der Waals surface area contributed by atoms with Crippen LogP contribution >= 0.6 is 0 Å². The Bertz CT molecular complexity index is 443. The van der Waals surface area contributed by atoms with Crippen molar-refractivity contribution in [3.05, 3.63) is 0 Å². The van der Waals surface area contributed by atoms with E-state index in [1.165, 1.54) is 4.31 Å². The highest BCUT2D eigenvalue weighted by molar-refractivity contribution is 7.87. The van der Waals surface area contributed by atoms with Gasteiger partial charge in [0.1, 0.15) is 0 Å². The Balaban J connectivity index is 2.01. The highest BCUT2D eigenvalue weighted by Crippen LogP contribution is 2.26. The third-order valence-corrected chi connectivity index (χ3v) is 6.11. The number of piperidine rings is 1. The first-order valence-corrected chi connectivity index (χ1v) is 8.84. The van der Waals surface area contributed by atoms with Crippen LogP contribution < -0.4 is 4.72 Å². The van der Waals surface area contributed by atoms with Crippen molar-refractivity contribution in [1.82, 2.24) is 9.03 Å². The first kappa shape index (κ1) is 15.7. The van der Waals surface area contributed by atoms with Gasteiger partial charge in [-0.25, -0.2) is 0 Å². The Morgan fingerprint density at radius 3 is 2.35 bits per heavy atom. The molecule has 6 nitrogen and oxygen atoms in total. The van der Waals surface area contributed by atoms with Crippen molar-refractivity contribution in [2.24, 2.45) is 11.8 Å². The van der Waals surface area contributed by atoms with Gasteiger partial charge in [-0.2, -0.15) is 17.4 Å². The minimum absolute atomic E-state index is 0.467. The second kappa shape index (κ2) is 6.41. The molecule has 1 aliphatic carbocycles. The molecule has 1 heterocycles. The summed E-state index contributed by atoms with van der Waals surface area (Å²) in [5.41, 5.74) is 0. The fraction of sp³-hybridized carbons (Fsp3) is 0.923. The van der Waals surface area contributed by atoms with E-state index in [2.05, 4.69) is 11.6 Å². The molecule has 0 bridgehead atoms. The normalized spacial score (nSPS) is 30.2. The van der Waals surface area contributed by atoms with Crippen molar-refractivity contribution in [1.29, 1.82) is 0 Å². The maximum atomic E-state index is 12.4. The lowest BCUT2D eigenvalue weighted by Gasteiger charge is -2.34. The minimum atomic E-state index is -3.55. The first-order chi connectivity index (χ1) is 9.40. The molecule has 1 aliphatic heterocycles. The Morgan fingerprint density at radius 1 is 1.15 bits per heavy atom. The highest BCUT2D eigenvalue weighted by Gasteiger charge is 2.36. The molecule has 2 atom stereocenters. The van der Waals surface area contributed by atoms with E-state index in [0.717, 1.165) is 25.7 Å². The van der Waals surface area contributed by atoms with Crippen LogP contribution in [0.15, 0.2) is 0 Å². The molecule has 7 heteroatoms. The van der Waals surface area contributed by atoms with Gasteiger partial charge >= 0.3 is 5.97 Å². The molecule has 2 N–H and O–H groups in total. The molecule has 0 aromatic rings. The third-order valence-electron chi connectivity index (χ3n) is 4.47. The number of carboxylic acids is 1. The van der Waals surface area contributed by atoms with Crippen molar-refractivity contribution < 1.29 is 18.3 Å². The Labute approximate surface area is 120 Å². The molecule has 2 unspecified atom stereocenters. The predicted molar refractivity (Wildman–Crippen MR) is 75.4 cm³/mol. The maximum absolute atomic E-state index is 12.4. The zero-order valence-electron chi connectivity index (χ0n) is 11.9. The zero-order valence-corrected chi connectivity index (χ0v) is 12.7. The molecule has 0 radical (unpaired) electrons. The lowest BCUT2D eigenvalue weighted by Crippen LogP contribution is -2.52. The number of hydrogen-bond donors (Lipinski definition) is 2. The number of nitrogens with zero attached hydrogens (tertiary/aromatic N) is 1. The van der Waals surface area contributed by atoms with Crippen LogP contribution in [0, 0.1) is 11.8 Å². The summed E-state index contributed by atoms with van der Waals surface area (Å²) in [7, 11) is -3.55. The number of hydrogen-bond acceptors (Lipinski definition) is 3. The van der Waals surface area contributed by atoms with Crippen molar-refractivity contribution in [3.63, 3.8) is 0 Å². The molecule has 2 aliphatic rings. The molecule has 116 valence electrons. The number of carboxylic acid groups (broad SMARTS) is 1. The number of rotatable bonds is 4. The van der Waals surface area contributed by atoms with Crippen LogP contribution in [0.2, 0.25) is 0 Å². The maximum Gasteiger partial charge on any atom is 0.308 e. The summed E-state index contributed by atoms with van der Waals surface area (Å²) in [5, 5.41) is 9.20. The lowest BCUT2D eigenvalue weighted by atomic mass is 9.85. The number of carbonyl (C=O) groups is 1. The van der Waals surface area contributed by atoms with E-state index in [0.29, 0.717) is 31.8 Å². The quantitative estimate of drug-likeness (QED) is 0.817. The van der Waals surface area contributed by atoms with E-state index in [1.807, 2.05) is 0 Å². The Kier molecular flexibility index (Phi) is 5.04. The summed E-state index contributed by atoms with van der Waals surface area (Å²) >= 11 is 0. The summed E-state index contributed by atoms with van der Waals surface area (Å²) in [6, 6.07) is -0.467. The van der Waals surface area contributed by atoms with E-state index >= 15 is 0 Å². The van der Waals surface area contributed by atoms with Gasteiger partial charge in [-0.15, -0.1) is 0 Å². The van der Waals surface area contributed by atoms with Crippen molar-refractivity contribution >= 4 is 16.2 Å². The van der Waals surface area contributed by atoms with Crippen LogP contribution in [-0.2, 0) is 15.0 Å². The van der Waals surface area contributed by atoms with Gasteiger partial charge in [0.05, 0.1) is 5.92 Å². The second-order valence-electron chi connectivity index (χ2n) is 6.04. The Hall–Kier alpha value is -0.660. The van der Waals surface area contributed by atoms with Gasteiger partial charge in [0.25, 0.3) is 10.2 Å². The number of nitrogens with one attached hydrogen (secondary N) is 1. The van der Waals surface area contributed by atoms with E-state index in [4.69, 9.17) is 0 Å². The average Bonchev–Trinajstić information content (AvgIpc) is 2.39. The predicted octanol–water partition coefficient (Wildman–Crippen LogP) is 1.20. The molecule has 2 fully saturated rings. The third kappa shape index (κ3) is 3.71. The van der Waals surface area contributed by atoms with Crippen LogP contribution in [-0.4, -0.2) is 42.9 Å². The fourth-order valence-electron chi connectivity index (χ4n) is 3.06. The molecule has 0 aromatic heterocycles. The largest absolute Gasteiger partial charge is 0.481 e. The summed E-state index contributed by atoms with van der Waals surface area (Å²) < 4.78 is 28.8. The second-order valence-corrected chi connectivity index (χ2v) is 7.74. The number of aliphatic carboxylic acids is 1. The van der Waals surface area contributed by atoms with Gasteiger partial charge in [-0.3, -0.25) is 4.79 Å². The average molecular weight is 304 g/mol. The van der Waals surface area contributed by atoms with Crippen LogP contribution in [0.1, 0.15) is 45.4 Å². The molecule has 1 saturated carbocycles. The molecule has 0 spiro atoms. The first-order valence-electron chi connectivity index (χ1n) is 7.40. The van der Waals surface area contributed by atoms with Gasteiger partial charge in [0.2, 0.25) is 0 Å². The van der Waals surface area contributed by atoms with Crippen molar-refractivity contribution in [2.75, 3.05) is 13.1 Å². The highest BCUT2D eigenvalue weighted by atomic mass is 32.2. The molecule has 20 heavy (non-hydrogen) atoms. The van der Waals surface area contributed by atoms with Crippen LogP contribution in [0.25, 0.3) is 0 Å². The SMILES string of the molecule is CC1CCN(S(=O)(=O)NC2CCCCC2C(=O)O)CC1. The lowest BCUT2D eigenvalue weighted by molar-refractivity contribution is -0.143. The van der Waals surface area contributed by atoms with Gasteiger partial charge in [-0.1, -0.05) is 19.8 Å². The van der Waals surface area contributed by atoms with Crippen molar-refractivity contribution in [2.45, 2.75) is 51.5 Å². The monoisotopic (exact) mass is 304 g/mol. The van der Waals surface area contributed by atoms with Gasteiger partial charge in [-0.05, 0) is 31.6 Å². The van der Waals surface area contributed by atoms with Gasteiger partial charge in [0.15, 0.2) is 0 Å². The zero-order chi connectivity index (χ0) is 14.8.